The van der Waals surface area contributed by atoms with Crippen LogP contribution in [0, 0.1) is 11.3 Å². The lowest BCUT2D eigenvalue weighted by Crippen LogP contribution is -1.86. The fourth-order valence-corrected chi connectivity index (χ4v) is 0.567. The molecule has 0 fully saturated rings. The van der Waals surface area contributed by atoms with Gasteiger partial charge in [-0.2, -0.15) is 5.26 Å². The SMILES string of the molecule is CC.COc1ccc(C#N)cn1. The van der Waals surface area contributed by atoms with Crippen LogP contribution in [0.1, 0.15) is 19.4 Å². The van der Waals surface area contributed by atoms with Crippen molar-refractivity contribution >= 4 is 0 Å². The van der Waals surface area contributed by atoms with Gasteiger partial charge in [0.2, 0.25) is 5.88 Å². The molecule has 0 unspecified atom stereocenters. The minimum absolute atomic E-state index is 0.527. The van der Waals surface area contributed by atoms with Crippen LogP contribution in [-0.2, 0) is 0 Å². The molecular weight excluding hydrogens is 152 g/mol. The Morgan fingerprint density at radius 2 is 2.08 bits per heavy atom. The van der Waals surface area contributed by atoms with Gasteiger partial charge >= 0.3 is 0 Å². The molecule has 12 heavy (non-hydrogen) atoms. The van der Waals surface area contributed by atoms with Crippen LogP contribution < -0.4 is 4.74 Å². The highest BCUT2D eigenvalue weighted by Gasteiger charge is 1.90. The van der Waals surface area contributed by atoms with Crippen molar-refractivity contribution < 1.29 is 4.74 Å². The van der Waals surface area contributed by atoms with Crippen LogP contribution in [0.5, 0.6) is 5.88 Å². The molecule has 1 aromatic rings. The predicted octanol–water partition coefficient (Wildman–Crippen LogP) is 1.99. The van der Waals surface area contributed by atoms with Crippen molar-refractivity contribution in [3.63, 3.8) is 0 Å². The highest BCUT2D eigenvalue weighted by molar-refractivity contribution is 5.27. The summed E-state index contributed by atoms with van der Waals surface area (Å²) < 4.78 is 4.79. The maximum Gasteiger partial charge on any atom is 0.212 e. The second-order valence-electron chi connectivity index (χ2n) is 1.70. The summed E-state index contributed by atoms with van der Waals surface area (Å²) in [5.41, 5.74) is 0.542. The van der Waals surface area contributed by atoms with Gasteiger partial charge in [0.15, 0.2) is 0 Å². The molecule has 1 heterocycles. The third-order valence-corrected chi connectivity index (χ3v) is 1.07. The molecule has 0 atom stereocenters. The minimum Gasteiger partial charge on any atom is -0.481 e. The smallest absolute Gasteiger partial charge is 0.212 e. The Bertz CT molecular complexity index is 248. The van der Waals surface area contributed by atoms with E-state index in [9.17, 15) is 0 Å². The van der Waals surface area contributed by atoms with E-state index >= 15 is 0 Å². The van der Waals surface area contributed by atoms with Crippen molar-refractivity contribution in [3.8, 4) is 11.9 Å². The van der Waals surface area contributed by atoms with Gasteiger partial charge in [-0.05, 0) is 6.07 Å². The summed E-state index contributed by atoms with van der Waals surface area (Å²) in [7, 11) is 1.54. The quantitative estimate of drug-likeness (QED) is 0.637. The number of rotatable bonds is 1. The highest BCUT2D eigenvalue weighted by Crippen LogP contribution is 2.04. The lowest BCUT2D eigenvalue weighted by molar-refractivity contribution is 0.398. The van der Waals surface area contributed by atoms with E-state index in [1.54, 1.807) is 12.1 Å². The normalized spacial score (nSPS) is 7.50. The van der Waals surface area contributed by atoms with Gasteiger partial charge in [0, 0.05) is 12.3 Å². The number of nitriles is 1. The molecule has 0 saturated heterocycles. The van der Waals surface area contributed by atoms with Crippen LogP contribution in [0.3, 0.4) is 0 Å². The molecule has 3 heteroatoms. The fraction of sp³-hybridized carbons (Fsp3) is 0.333. The first-order valence-electron chi connectivity index (χ1n) is 3.77. The molecule has 0 aliphatic rings. The van der Waals surface area contributed by atoms with Gasteiger partial charge in [0.25, 0.3) is 0 Å². The Kier molecular flexibility index (Phi) is 5.37. The van der Waals surface area contributed by atoms with Crippen LogP contribution in [0.2, 0.25) is 0 Å². The lowest BCUT2D eigenvalue weighted by Gasteiger charge is -1.94. The van der Waals surface area contributed by atoms with E-state index in [2.05, 4.69) is 4.98 Å². The first kappa shape index (κ1) is 10.4. The standard InChI is InChI=1S/C7H6N2O.C2H6/c1-10-7-3-2-6(4-8)5-9-7;1-2/h2-3,5H,1H3;1-2H3. The zero-order valence-electron chi connectivity index (χ0n) is 7.53. The van der Waals surface area contributed by atoms with Crippen LogP contribution in [0.25, 0.3) is 0 Å². The zero-order chi connectivity index (χ0) is 9.40. The van der Waals surface area contributed by atoms with Crippen molar-refractivity contribution in [3.05, 3.63) is 23.9 Å². The zero-order valence-corrected chi connectivity index (χ0v) is 7.53. The van der Waals surface area contributed by atoms with Crippen LogP contribution >= 0.6 is 0 Å². The summed E-state index contributed by atoms with van der Waals surface area (Å²) in [4.78, 5) is 3.82. The van der Waals surface area contributed by atoms with Gasteiger partial charge in [0.1, 0.15) is 6.07 Å². The molecular formula is C9H12N2O. The van der Waals surface area contributed by atoms with Crippen LogP contribution in [0.15, 0.2) is 18.3 Å². The number of ether oxygens (including phenoxy) is 1. The molecule has 0 aromatic carbocycles. The van der Waals surface area contributed by atoms with E-state index in [1.807, 2.05) is 19.9 Å². The molecule has 0 N–H and O–H groups in total. The molecule has 0 aliphatic carbocycles. The van der Waals surface area contributed by atoms with Gasteiger partial charge in [-0.25, -0.2) is 4.98 Å². The maximum atomic E-state index is 8.37. The molecule has 1 aromatic heterocycles. The molecule has 3 nitrogen and oxygen atoms in total. The average molecular weight is 164 g/mol. The van der Waals surface area contributed by atoms with E-state index in [4.69, 9.17) is 10.00 Å². The van der Waals surface area contributed by atoms with Gasteiger partial charge in [-0.3, -0.25) is 0 Å². The first-order chi connectivity index (χ1) is 5.86. The Hall–Kier alpha value is -1.56. The summed E-state index contributed by atoms with van der Waals surface area (Å²) >= 11 is 0. The molecule has 0 saturated carbocycles. The molecule has 1 rings (SSSR count). The second-order valence-corrected chi connectivity index (χ2v) is 1.70. The van der Waals surface area contributed by atoms with Crippen molar-refractivity contribution in [2.45, 2.75) is 13.8 Å². The monoisotopic (exact) mass is 164 g/mol. The third kappa shape index (κ3) is 3.02. The number of methoxy groups -OCH3 is 1. The predicted molar refractivity (Wildman–Crippen MR) is 46.9 cm³/mol. The topological polar surface area (TPSA) is 45.9 Å². The molecule has 0 amide bonds. The summed E-state index contributed by atoms with van der Waals surface area (Å²) in [6, 6.07) is 5.27. The minimum atomic E-state index is 0.527. The van der Waals surface area contributed by atoms with Gasteiger partial charge in [0.05, 0.1) is 12.7 Å². The molecule has 0 bridgehead atoms. The Morgan fingerprint density at radius 1 is 1.42 bits per heavy atom. The number of hydrogen-bond acceptors (Lipinski definition) is 3. The Balaban J connectivity index is 0.000000561. The number of hydrogen-bond donors (Lipinski definition) is 0. The number of aromatic nitrogens is 1. The Labute approximate surface area is 72.6 Å². The van der Waals surface area contributed by atoms with E-state index < -0.39 is 0 Å². The summed E-state index contributed by atoms with van der Waals surface area (Å²) in [5.74, 6) is 0.527. The second kappa shape index (κ2) is 6.17. The van der Waals surface area contributed by atoms with Crippen molar-refractivity contribution in [1.29, 1.82) is 5.26 Å². The van der Waals surface area contributed by atoms with E-state index in [-0.39, 0.29) is 0 Å². The van der Waals surface area contributed by atoms with E-state index in [0.29, 0.717) is 11.4 Å². The van der Waals surface area contributed by atoms with Crippen LogP contribution in [0.4, 0.5) is 0 Å². The van der Waals surface area contributed by atoms with Gasteiger partial charge in [-0.15, -0.1) is 0 Å². The third-order valence-electron chi connectivity index (χ3n) is 1.07. The molecule has 0 aliphatic heterocycles. The summed E-state index contributed by atoms with van der Waals surface area (Å²) in [6.45, 7) is 4.00. The molecule has 0 spiro atoms. The molecule has 0 radical (unpaired) electrons. The Morgan fingerprint density at radius 3 is 2.42 bits per heavy atom. The highest BCUT2D eigenvalue weighted by atomic mass is 16.5. The maximum absolute atomic E-state index is 8.37. The van der Waals surface area contributed by atoms with Gasteiger partial charge in [-0.1, -0.05) is 13.8 Å². The fourth-order valence-electron chi connectivity index (χ4n) is 0.567. The van der Waals surface area contributed by atoms with Crippen molar-refractivity contribution in [1.82, 2.24) is 4.98 Å². The summed E-state index contributed by atoms with van der Waals surface area (Å²) in [5, 5.41) is 8.37. The van der Waals surface area contributed by atoms with Crippen molar-refractivity contribution in [2.24, 2.45) is 0 Å². The summed E-state index contributed by atoms with van der Waals surface area (Å²) in [6.07, 6.45) is 1.47. The van der Waals surface area contributed by atoms with Crippen LogP contribution in [-0.4, -0.2) is 12.1 Å². The first-order valence-corrected chi connectivity index (χ1v) is 3.77. The largest absolute Gasteiger partial charge is 0.481 e. The van der Waals surface area contributed by atoms with Gasteiger partial charge < -0.3 is 4.74 Å². The van der Waals surface area contributed by atoms with E-state index in [1.165, 1.54) is 13.3 Å². The molecule has 64 valence electrons. The number of nitrogens with zero attached hydrogens (tertiary/aromatic N) is 2. The number of pyridine rings is 1. The average Bonchev–Trinajstić information content (AvgIpc) is 2.21. The lowest BCUT2D eigenvalue weighted by atomic mass is 10.3. The van der Waals surface area contributed by atoms with Crippen molar-refractivity contribution in [2.75, 3.05) is 7.11 Å². The van der Waals surface area contributed by atoms with E-state index in [0.717, 1.165) is 0 Å².